The Bertz CT molecular complexity index is 649. The van der Waals surface area contributed by atoms with Gasteiger partial charge in [0.2, 0.25) is 5.91 Å². The van der Waals surface area contributed by atoms with Gasteiger partial charge < -0.3 is 15.0 Å². The summed E-state index contributed by atoms with van der Waals surface area (Å²) < 4.78 is 1.98. The fourth-order valence-corrected chi connectivity index (χ4v) is 3.57. The molecule has 2 N–H and O–H groups in total. The third kappa shape index (κ3) is 3.47. The lowest BCUT2D eigenvalue weighted by atomic mass is 9.92. The Morgan fingerprint density at radius 1 is 1.35 bits per heavy atom. The van der Waals surface area contributed by atoms with Crippen molar-refractivity contribution in [3.05, 3.63) is 36.3 Å². The van der Waals surface area contributed by atoms with Gasteiger partial charge in [-0.3, -0.25) is 4.79 Å². The van der Waals surface area contributed by atoms with Gasteiger partial charge in [-0.15, -0.1) is 24.8 Å². The number of piperidine rings is 1. The minimum Gasteiger partial charge on any atom is -0.350 e. The van der Waals surface area contributed by atoms with E-state index in [-0.39, 0.29) is 36.6 Å². The maximum absolute atomic E-state index is 12.3. The maximum Gasteiger partial charge on any atom is 0.224 e. The molecule has 0 aromatic carbocycles. The molecule has 3 heterocycles. The van der Waals surface area contributed by atoms with Gasteiger partial charge in [0.1, 0.15) is 5.65 Å². The normalized spacial score (nSPS) is 21.3. The van der Waals surface area contributed by atoms with Crippen LogP contribution in [0.4, 0.5) is 0 Å². The SMILES string of the molecule is Cl.Cl.O=C(NCc1cn2ccccc2n1)C1CC12CCNCC2. The van der Waals surface area contributed by atoms with Crippen LogP contribution in [0.2, 0.25) is 0 Å². The number of fused-ring (bicyclic) bond motifs is 1. The van der Waals surface area contributed by atoms with Crippen molar-refractivity contribution >= 4 is 36.4 Å². The first kappa shape index (κ1) is 18.0. The molecule has 1 aliphatic carbocycles. The second kappa shape index (κ2) is 7.07. The zero-order valence-corrected chi connectivity index (χ0v) is 14.5. The highest BCUT2D eigenvalue weighted by Gasteiger charge is 2.57. The topological polar surface area (TPSA) is 58.4 Å². The number of hydrogen-bond acceptors (Lipinski definition) is 3. The van der Waals surface area contributed by atoms with Gasteiger partial charge in [0.15, 0.2) is 0 Å². The molecule has 1 saturated carbocycles. The molecule has 23 heavy (non-hydrogen) atoms. The van der Waals surface area contributed by atoms with E-state index in [9.17, 15) is 4.79 Å². The van der Waals surface area contributed by atoms with Crippen molar-refractivity contribution in [3.8, 4) is 0 Å². The van der Waals surface area contributed by atoms with Crippen molar-refractivity contribution in [3.63, 3.8) is 0 Å². The van der Waals surface area contributed by atoms with Gasteiger partial charge in [-0.25, -0.2) is 4.98 Å². The zero-order valence-electron chi connectivity index (χ0n) is 12.8. The summed E-state index contributed by atoms with van der Waals surface area (Å²) in [6.07, 6.45) is 7.28. The molecule has 2 aliphatic rings. The Kier molecular flexibility index (Phi) is 5.55. The number of nitrogens with one attached hydrogen (secondary N) is 2. The summed E-state index contributed by atoms with van der Waals surface area (Å²) in [5, 5.41) is 6.43. The minimum atomic E-state index is 0. The molecule has 1 spiro atoms. The number of rotatable bonds is 3. The maximum atomic E-state index is 12.3. The van der Waals surface area contributed by atoms with Crippen molar-refractivity contribution in [1.29, 1.82) is 0 Å². The molecule has 4 rings (SSSR count). The van der Waals surface area contributed by atoms with E-state index >= 15 is 0 Å². The lowest BCUT2D eigenvalue weighted by molar-refractivity contribution is -0.123. The molecule has 1 atom stereocenters. The van der Waals surface area contributed by atoms with Crippen LogP contribution < -0.4 is 10.6 Å². The molecule has 0 radical (unpaired) electrons. The van der Waals surface area contributed by atoms with E-state index in [4.69, 9.17) is 0 Å². The van der Waals surface area contributed by atoms with E-state index < -0.39 is 0 Å². The van der Waals surface area contributed by atoms with E-state index in [0.717, 1.165) is 43.7 Å². The van der Waals surface area contributed by atoms with Crippen LogP contribution in [-0.4, -0.2) is 28.4 Å². The number of pyridine rings is 1. The van der Waals surface area contributed by atoms with Crippen molar-refractivity contribution in [2.45, 2.75) is 25.8 Å². The number of imidazole rings is 1. The monoisotopic (exact) mass is 356 g/mol. The number of carbonyl (C=O) groups excluding carboxylic acids is 1. The van der Waals surface area contributed by atoms with Gasteiger partial charge in [-0.05, 0) is 49.9 Å². The van der Waals surface area contributed by atoms with Crippen LogP contribution in [0.5, 0.6) is 0 Å². The molecular weight excluding hydrogens is 335 g/mol. The first-order valence-corrected chi connectivity index (χ1v) is 7.68. The fourth-order valence-electron chi connectivity index (χ4n) is 3.57. The smallest absolute Gasteiger partial charge is 0.224 e. The second-order valence-corrected chi connectivity index (χ2v) is 6.29. The molecule has 0 bridgehead atoms. The number of hydrogen-bond donors (Lipinski definition) is 2. The van der Waals surface area contributed by atoms with Crippen LogP contribution >= 0.6 is 24.8 Å². The third-order valence-electron chi connectivity index (χ3n) is 4.96. The first-order chi connectivity index (χ1) is 10.3. The number of aromatic nitrogens is 2. The van der Waals surface area contributed by atoms with E-state index in [2.05, 4.69) is 15.6 Å². The van der Waals surface area contributed by atoms with Crippen LogP contribution in [0.15, 0.2) is 30.6 Å². The fraction of sp³-hybridized carbons (Fsp3) is 0.500. The molecule has 7 heteroatoms. The summed E-state index contributed by atoms with van der Waals surface area (Å²) in [4.78, 5) is 16.8. The quantitative estimate of drug-likeness (QED) is 0.885. The predicted octanol–water partition coefficient (Wildman–Crippen LogP) is 2.18. The lowest BCUT2D eigenvalue weighted by Gasteiger charge is -2.23. The van der Waals surface area contributed by atoms with Gasteiger partial charge >= 0.3 is 0 Å². The third-order valence-corrected chi connectivity index (χ3v) is 4.96. The first-order valence-electron chi connectivity index (χ1n) is 7.68. The van der Waals surface area contributed by atoms with Crippen molar-refractivity contribution < 1.29 is 4.79 Å². The van der Waals surface area contributed by atoms with Crippen molar-refractivity contribution in [2.24, 2.45) is 11.3 Å². The molecule has 1 aliphatic heterocycles. The number of nitrogens with zero attached hydrogens (tertiary/aromatic N) is 2. The van der Waals surface area contributed by atoms with Gasteiger partial charge in [-0.2, -0.15) is 0 Å². The molecule has 2 aromatic rings. The molecular formula is C16H22Cl2N4O. The van der Waals surface area contributed by atoms with Gasteiger partial charge in [0.25, 0.3) is 0 Å². The van der Waals surface area contributed by atoms with E-state index in [1.165, 1.54) is 0 Å². The van der Waals surface area contributed by atoms with Gasteiger partial charge in [0.05, 0.1) is 12.2 Å². The Balaban J connectivity index is 0.000000960. The highest BCUT2D eigenvalue weighted by atomic mass is 35.5. The van der Waals surface area contributed by atoms with Crippen LogP contribution in [0.3, 0.4) is 0 Å². The Morgan fingerprint density at radius 2 is 2.13 bits per heavy atom. The number of amides is 1. The summed E-state index contributed by atoms with van der Waals surface area (Å²) in [6.45, 7) is 2.62. The summed E-state index contributed by atoms with van der Waals surface area (Å²) in [5.74, 6) is 0.422. The average molecular weight is 357 g/mol. The predicted molar refractivity (Wildman–Crippen MR) is 94.2 cm³/mol. The molecule has 1 saturated heterocycles. The minimum absolute atomic E-state index is 0. The largest absolute Gasteiger partial charge is 0.350 e. The molecule has 1 unspecified atom stereocenters. The Hall–Kier alpha value is -1.30. The van der Waals surface area contributed by atoms with Crippen LogP contribution in [0, 0.1) is 11.3 Å². The van der Waals surface area contributed by atoms with E-state index in [1.54, 1.807) is 0 Å². The number of carbonyl (C=O) groups is 1. The van der Waals surface area contributed by atoms with Crippen molar-refractivity contribution in [1.82, 2.24) is 20.0 Å². The molecule has 5 nitrogen and oxygen atoms in total. The Labute approximate surface area is 148 Å². The van der Waals surface area contributed by atoms with Crippen molar-refractivity contribution in [2.75, 3.05) is 13.1 Å². The summed E-state index contributed by atoms with van der Waals surface area (Å²) in [5.41, 5.74) is 2.13. The standard InChI is InChI=1S/C16H20N4O.2ClH/c21-15(13-9-16(13)4-6-17-7-5-16)18-10-12-11-20-8-2-1-3-14(20)19-12;;/h1-3,8,11,13,17H,4-7,9-10H2,(H,18,21);2*1H. The summed E-state index contributed by atoms with van der Waals surface area (Å²) in [6, 6.07) is 5.91. The molecule has 2 aromatic heterocycles. The van der Waals surface area contributed by atoms with E-state index in [0.29, 0.717) is 12.0 Å². The molecule has 2 fully saturated rings. The highest BCUT2D eigenvalue weighted by molar-refractivity contribution is 5.85. The van der Waals surface area contributed by atoms with Crippen LogP contribution in [-0.2, 0) is 11.3 Å². The van der Waals surface area contributed by atoms with E-state index in [1.807, 2.05) is 35.0 Å². The van der Waals surface area contributed by atoms with Gasteiger partial charge in [0, 0.05) is 18.3 Å². The second-order valence-electron chi connectivity index (χ2n) is 6.29. The summed E-state index contributed by atoms with van der Waals surface area (Å²) >= 11 is 0. The zero-order chi connectivity index (χ0) is 14.3. The van der Waals surface area contributed by atoms with Crippen LogP contribution in [0.25, 0.3) is 5.65 Å². The summed E-state index contributed by atoms with van der Waals surface area (Å²) in [7, 11) is 0. The highest BCUT2D eigenvalue weighted by Crippen LogP contribution is 2.58. The van der Waals surface area contributed by atoms with Crippen LogP contribution in [0.1, 0.15) is 25.0 Å². The average Bonchev–Trinajstić information content (AvgIpc) is 3.04. The lowest BCUT2D eigenvalue weighted by Crippen LogP contribution is -2.33. The Morgan fingerprint density at radius 3 is 2.87 bits per heavy atom. The number of halogens is 2. The molecule has 126 valence electrons. The molecule has 1 amide bonds. The van der Waals surface area contributed by atoms with Gasteiger partial charge in [-0.1, -0.05) is 6.07 Å².